The molecule has 114 valence electrons. The molecule has 5 nitrogen and oxygen atoms in total. The van der Waals surface area contributed by atoms with E-state index in [9.17, 15) is 9.59 Å². The molecule has 0 saturated carbocycles. The van der Waals surface area contributed by atoms with E-state index in [4.69, 9.17) is 9.84 Å². The molecular weight excluding hydrogens is 270 g/mol. The number of carbonyl (C=O) groups excluding carboxylic acids is 1. The van der Waals surface area contributed by atoms with Crippen molar-refractivity contribution >= 4 is 17.6 Å². The predicted molar refractivity (Wildman–Crippen MR) is 79.8 cm³/mol. The Morgan fingerprint density at radius 2 is 2.05 bits per heavy atom. The molecule has 1 aromatic rings. The monoisotopic (exact) mass is 291 g/mol. The summed E-state index contributed by atoms with van der Waals surface area (Å²) in [6.07, 6.45) is -0.677. The van der Waals surface area contributed by atoms with Crippen LogP contribution in [0.4, 0.5) is 5.69 Å². The lowest BCUT2D eigenvalue weighted by Gasteiger charge is -2.34. The second-order valence-electron chi connectivity index (χ2n) is 6.33. The number of amides is 1. The van der Waals surface area contributed by atoms with E-state index in [0.717, 1.165) is 5.56 Å². The molecule has 0 spiro atoms. The number of carbonyl (C=O) groups is 2. The molecule has 0 radical (unpaired) electrons. The Bertz CT molecular complexity index is 574. The highest BCUT2D eigenvalue weighted by molar-refractivity contribution is 6.00. The first-order valence-electron chi connectivity index (χ1n) is 7.04. The zero-order chi connectivity index (χ0) is 15.8. The van der Waals surface area contributed by atoms with Gasteiger partial charge in [0.25, 0.3) is 5.91 Å². The van der Waals surface area contributed by atoms with Crippen LogP contribution in [-0.4, -0.2) is 29.6 Å². The number of anilines is 1. The molecule has 1 unspecified atom stereocenters. The fourth-order valence-electron chi connectivity index (χ4n) is 2.31. The summed E-state index contributed by atoms with van der Waals surface area (Å²) < 4.78 is 5.61. The fraction of sp³-hybridized carbons (Fsp3) is 0.500. The molecule has 0 bridgehead atoms. The summed E-state index contributed by atoms with van der Waals surface area (Å²) in [5.74, 6) is -0.495. The van der Waals surface area contributed by atoms with Crippen molar-refractivity contribution in [1.29, 1.82) is 0 Å². The topological polar surface area (TPSA) is 66.8 Å². The van der Waals surface area contributed by atoms with Crippen LogP contribution >= 0.6 is 0 Å². The lowest BCUT2D eigenvalue weighted by Crippen LogP contribution is -2.45. The molecule has 0 fully saturated rings. The molecular formula is C16H21NO4. The van der Waals surface area contributed by atoms with Crippen molar-refractivity contribution in [3.05, 3.63) is 23.8 Å². The zero-order valence-corrected chi connectivity index (χ0v) is 12.8. The van der Waals surface area contributed by atoms with Crippen LogP contribution in [0.15, 0.2) is 18.2 Å². The summed E-state index contributed by atoms with van der Waals surface area (Å²) in [7, 11) is 0. The molecule has 0 aromatic heterocycles. The second-order valence-corrected chi connectivity index (χ2v) is 6.33. The zero-order valence-electron chi connectivity index (χ0n) is 12.8. The number of hydrogen-bond acceptors (Lipinski definition) is 3. The van der Waals surface area contributed by atoms with Gasteiger partial charge in [-0.15, -0.1) is 0 Å². The van der Waals surface area contributed by atoms with Gasteiger partial charge in [0, 0.05) is 6.54 Å². The van der Waals surface area contributed by atoms with E-state index >= 15 is 0 Å². The van der Waals surface area contributed by atoms with Gasteiger partial charge in [-0.2, -0.15) is 0 Å². The number of ether oxygens (including phenoxy) is 1. The van der Waals surface area contributed by atoms with Gasteiger partial charge in [-0.05, 0) is 30.0 Å². The highest BCUT2D eigenvalue weighted by Gasteiger charge is 2.32. The summed E-state index contributed by atoms with van der Waals surface area (Å²) in [6.45, 7) is 8.10. The summed E-state index contributed by atoms with van der Waals surface area (Å²) >= 11 is 0. The highest BCUT2D eigenvalue weighted by atomic mass is 16.5. The lowest BCUT2D eigenvalue weighted by molar-refractivity contribution is -0.136. The van der Waals surface area contributed by atoms with Crippen LogP contribution in [0.1, 0.15) is 39.7 Å². The van der Waals surface area contributed by atoms with E-state index < -0.39 is 12.1 Å². The van der Waals surface area contributed by atoms with Gasteiger partial charge in [-0.25, -0.2) is 0 Å². The minimum Gasteiger partial charge on any atom is -0.481 e. The number of rotatable bonds is 3. The van der Waals surface area contributed by atoms with Crippen molar-refractivity contribution in [3.8, 4) is 5.75 Å². The molecule has 1 N–H and O–H groups in total. The highest BCUT2D eigenvalue weighted by Crippen LogP contribution is 2.37. The molecule has 1 amide bonds. The number of benzene rings is 1. The fourth-order valence-corrected chi connectivity index (χ4v) is 2.31. The smallest absolute Gasteiger partial charge is 0.305 e. The first kappa shape index (κ1) is 15.4. The van der Waals surface area contributed by atoms with Crippen LogP contribution in [0.3, 0.4) is 0 Å². The van der Waals surface area contributed by atoms with Gasteiger partial charge in [-0.3, -0.25) is 9.59 Å². The predicted octanol–water partition coefficient (Wildman–Crippen LogP) is 2.57. The van der Waals surface area contributed by atoms with E-state index in [1.807, 2.05) is 18.2 Å². The largest absolute Gasteiger partial charge is 0.481 e. The number of carboxylic acids is 1. The number of carboxylic acid groups (broad SMARTS) is 1. The standard InChI is InChI=1S/C16H21NO4/c1-10-15(20)17(8-7-14(18)19)12-9-11(16(2,3)4)5-6-13(12)21-10/h5-6,9-10H,7-8H2,1-4H3,(H,18,19). The summed E-state index contributed by atoms with van der Waals surface area (Å²) in [5, 5.41) is 8.86. The van der Waals surface area contributed by atoms with E-state index in [1.54, 1.807) is 6.92 Å². The molecule has 5 heteroatoms. The Hall–Kier alpha value is -2.04. The van der Waals surface area contributed by atoms with E-state index in [-0.39, 0.29) is 24.3 Å². The van der Waals surface area contributed by atoms with Crippen molar-refractivity contribution in [2.24, 2.45) is 0 Å². The molecule has 1 aliphatic heterocycles. The van der Waals surface area contributed by atoms with Crippen LogP contribution < -0.4 is 9.64 Å². The Labute approximate surface area is 124 Å². The third kappa shape index (κ3) is 3.17. The maximum Gasteiger partial charge on any atom is 0.305 e. The maximum atomic E-state index is 12.3. The Kier molecular flexibility index (Phi) is 3.94. The Morgan fingerprint density at radius 3 is 2.62 bits per heavy atom. The van der Waals surface area contributed by atoms with Crippen LogP contribution in [0, 0.1) is 0 Å². The molecule has 1 aliphatic rings. The van der Waals surface area contributed by atoms with Crippen molar-refractivity contribution in [1.82, 2.24) is 0 Å². The van der Waals surface area contributed by atoms with Crippen molar-refractivity contribution in [2.75, 3.05) is 11.4 Å². The van der Waals surface area contributed by atoms with Crippen LogP contribution in [0.5, 0.6) is 5.75 Å². The van der Waals surface area contributed by atoms with Crippen LogP contribution in [0.25, 0.3) is 0 Å². The molecule has 1 heterocycles. The van der Waals surface area contributed by atoms with Crippen molar-refractivity contribution in [3.63, 3.8) is 0 Å². The molecule has 0 aliphatic carbocycles. The summed E-state index contributed by atoms with van der Waals surface area (Å²) in [5.41, 5.74) is 1.68. The number of hydrogen-bond donors (Lipinski definition) is 1. The second kappa shape index (κ2) is 5.39. The average Bonchev–Trinajstić information content (AvgIpc) is 2.37. The number of aliphatic carboxylic acids is 1. The molecule has 1 atom stereocenters. The number of fused-ring (bicyclic) bond motifs is 1. The van der Waals surface area contributed by atoms with Crippen molar-refractivity contribution in [2.45, 2.75) is 45.6 Å². The summed E-state index contributed by atoms with van der Waals surface area (Å²) in [4.78, 5) is 24.6. The minimum absolute atomic E-state index is 0.0559. The van der Waals surface area contributed by atoms with E-state index in [1.165, 1.54) is 4.90 Å². The van der Waals surface area contributed by atoms with Crippen LogP contribution in [-0.2, 0) is 15.0 Å². The number of nitrogens with zero attached hydrogens (tertiary/aromatic N) is 1. The van der Waals surface area contributed by atoms with Crippen LogP contribution in [0.2, 0.25) is 0 Å². The third-order valence-electron chi connectivity index (χ3n) is 3.58. The first-order chi connectivity index (χ1) is 9.70. The van der Waals surface area contributed by atoms with Gasteiger partial charge in [0.15, 0.2) is 6.10 Å². The lowest BCUT2D eigenvalue weighted by atomic mass is 9.86. The average molecular weight is 291 g/mol. The normalized spacial score (nSPS) is 18.2. The van der Waals surface area contributed by atoms with Gasteiger partial charge in [0.05, 0.1) is 12.1 Å². The van der Waals surface area contributed by atoms with Gasteiger partial charge in [0.1, 0.15) is 5.75 Å². The molecule has 0 saturated heterocycles. The van der Waals surface area contributed by atoms with Gasteiger partial charge in [-0.1, -0.05) is 26.8 Å². The quantitative estimate of drug-likeness (QED) is 0.929. The molecule has 2 rings (SSSR count). The third-order valence-corrected chi connectivity index (χ3v) is 3.58. The Morgan fingerprint density at radius 1 is 1.38 bits per heavy atom. The SMILES string of the molecule is CC1Oc2ccc(C(C)(C)C)cc2N(CCC(=O)O)C1=O. The minimum atomic E-state index is -0.921. The van der Waals surface area contributed by atoms with Gasteiger partial charge in [0.2, 0.25) is 0 Å². The molecule has 21 heavy (non-hydrogen) atoms. The van der Waals surface area contributed by atoms with Crippen molar-refractivity contribution < 1.29 is 19.4 Å². The summed E-state index contributed by atoms with van der Waals surface area (Å²) in [6, 6.07) is 5.75. The Balaban J connectivity index is 2.42. The van der Waals surface area contributed by atoms with Gasteiger partial charge >= 0.3 is 5.97 Å². The van der Waals surface area contributed by atoms with E-state index in [0.29, 0.717) is 11.4 Å². The first-order valence-corrected chi connectivity index (χ1v) is 7.04. The molecule has 1 aromatic carbocycles. The van der Waals surface area contributed by atoms with Gasteiger partial charge < -0.3 is 14.7 Å². The van der Waals surface area contributed by atoms with E-state index in [2.05, 4.69) is 20.8 Å². The maximum absolute atomic E-state index is 12.3.